The molecule has 0 saturated heterocycles. The van der Waals surface area contributed by atoms with Crippen LogP contribution in [0.1, 0.15) is 53.4 Å². The Labute approximate surface area is 151 Å². The maximum Gasteiger partial charge on any atom is 0.227 e. The lowest BCUT2D eigenvalue weighted by molar-refractivity contribution is -0.117. The largest absolute Gasteiger partial charge is 0.303 e. The Morgan fingerprint density at radius 3 is 2.58 bits per heavy atom. The second-order valence-corrected chi connectivity index (χ2v) is 8.41. The zero-order valence-corrected chi connectivity index (χ0v) is 15.4. The number of halogens is 2. The summed E-state index contributed by atoms with van der Waals surface area (Å²) >= 11 is 0. The highest BCUT2D eigenvalue weighted by Gasteiger charge is 2.39. The lowest BCUT2D eigenvalue weighted by Crippen LogP contribution is -2.38. The molecule has 0 atom stereocenters. The normalized spacial score (nSPS) is 16.2. The predicted molar refractivity (Wildman–Crippen MR) is 96.1 cm³/mol. The number of carbonyl (C=O) groups is 1. The van der Waals surface area contributed by atoms with Crippen molar-refractivity contribution in [3.63, 3.8) is 0 Å². The smallest absolute Gasteiger partial charge is 0.227 e. The number of nitrogens with one attached hydrogen (secondary N) is 1. The molecule has 5 nitrogen and oxygen atoms in total. The molecule has 1 heterocycles. The van der Waals surface area contributed by atoms with Crippen molar-refractivity contribution < 1.29 is 13.6 Å². The molecule has 1 aliphatic rings. The van der Waals surface area contributed by atoms with Crippen molar-refractivity contribution in [1.29, 1.82) is 0 Å². The number of benzene rings is 1. The molecule has 1 fully saturated rings. The van der Waals surface area contributed by atoms with Crippen molar-refractivity contribution in [1.82, 2.24) is 9.55 Å². The Kier molecular flexibility index (Phi) is 4.26. The van der Waals surface area contributed by atoms with Crippen LogP contribution in [0.2, 0.25) is 0 Å². The zero-order valence-electron chi connectivity index (χ0n) is 15.4. The van der Waals surface area contributed by atoms with E-state index in [0.717, 1.165) is 25.3 Å². The van der Waals surface area contributed by atoms with E-state index in [2.05, 4.69) is 15.1 Å². The van der Waals surface area contributed by atoms with Gasteiger partial charge in [-0.15, -0.1) is 0 Å². The van der Waals surface area contributed by atoms with Gasteiger partial charge in [0.25, 0.3) is 0 Å². The van der Waals surface area contributed by atoms with Crippen molar-refractivity contribution in [2.45, 2.75) is 58.9 Å². The van der Waals surface area contributed by atoms with E-state index < -0.39 is 17.2 Å². The molecule has 0 spiro atoms. The molecule has 0 radical (unpaired) electrons. The van der Waals surface area contributed by atoms with E-state index in [4.69, 9.17) is 6.57 Å². The summed E-state index contributed by atoms with van der Waals surface area (Å²) in [5, 5.41) is 2.72. The highest BCUT2D eigenvalue weighted by molar-refractivity contribution is 5.93. The number of hydrogen-bond donors (Lipinski definition) is 1. The minimum Gasteiger partial charge on any atom is -0.303 e. The molecule has 1 amide bonds. The predicted octanol–water partition coefficient (Wildman–Crippen LogP) is 5.14. The molecule has 1 saturated carbocycles. The van der Waals surface area contributed by atoms with Gasteiger partial charge in [0.15, 0.2) is 5.82 Å². The van der Waals surface area contributed by atoms with Crippen LogP contribution < -0.4 is 5.32 Å². The second kappa shape index (κ2) is 6.04. The average molecular weight is 360 g/mol. The summed E-state index contributed by atoms with van der Waals surface area (Å²) in [4.78, 5) is 19.6. The van der Waals surface area contributed by atoms with E-state index in [1.807, 2.05) is 27.7 Å². The number of amides is 1. The Morgan fingerprint density at radius 1 is 1.42 bits per heavy atom. The fraction of sp³-hybridized carbons (Fsp3) is 0.526. The molecule has 0 aliphatic heterocycles. The molecule has 3 rings (SSSR count). The highest BCUT2D eigenvalue weighted by atomic mass is 19.1. The van der Waals surface area contributed by atoms with Gasteiger partial charge < -0.3 is 4.57 Å². The van der Waals surface area contributed by atoms with Gasteiger partial charge in [0.2, 0.25) is 17.5 Å². The van der Waals surface area contributed by atoms with E-state index in [-0.39, 0.29) is 40.4 Å². The molecule has 26 heavy (non-hydrogen) atoms. The van der Waals surface area contributed by atoms with Gasteiger partial charge >= 0.3 is 0 Å². The molecule has 0 bridgehead atoms. The van der Waals surface area contributed by atoms with Gasteiger partial charge in [-0.05, 0) is 37.7 Å². The van der Waals surface area contributed by atoms with Crippen LogP contribution in [0, 0.1) is 23.6 Å². The standard InChI is InChI=1S/C19H22F2N4O/c1-18(2,3)10-13(26)23-17-24-15-11(20)9-12(22-5)14(21)16(15)25(17)19(4)7-6-8-19/h9H,6-8,10H2,1-4H3,(H,23,24,26). The summed E-state index contributed by atoms with van der Waals surface area (Å²) in [6.07, 6.45) is 2.75. The number of aromatic nitrogens is 2. The summed E-state index contributed by atoms with van der Waals surface area (Å²) in [5.74, 6) is -1.69. The van der Waals surface area contributed by atoms with Gasteiger partial charge in [-0.25, -0.2) is 18.6 Å². The van der Waals surface area contributed by atoms with Gasteiger partial charge in [-0.1, -0.05) is 20.8 Å². The maximum atomic E-state index is 14.9. The Bertz CT molecular complexity index is 930. The van der Waals surface area contributed by atoms with Gasteiger partial charge in [-0.2, -0.15) is 0 Å². The topological polar surface area (TPSA) is 51.3 Å². The van der Waals surface area contributed by atoms with E-state index in [9.17, 15) is 13.6 Å². The molecule has 1 N–H and O–H groups in total. The van der Waals surface area contributed by atoms with E-state index in [1.165, 1.54) is 0 Å². The molecule has 1 aromatic heterocycles. The van der Waals surface area contributed by atoms with Crippen LogP contribution in [0.25, 0.3) is 15.9 Å². The number of rotatable bonds is 3. The van der Waals surface area contributed by atoms with Gasteiger partial charge in [0.1, 0.15) is 11.3 Å². The molecule has 138 valence electrons. The minimum atomic E-state index is -0.798. The highest BCUT2D eigenvalue weighted by Crippen LogP contribution is 2.44. The van der Waals surface area contributed by atoms with Gasteiger partial charge in [0, 0.05) is 12.0 Å². The maximum absolute atomic E-state index is 14.9. The van der Waals surface area contributed by atoms with Crippen molar-refractivity contribution >= 4 is 28.6 Å². The number of hydrogen-bond acceptors (Lipinski definition) is 2. The minimum absolute atomic E-state index is 0.0516. The van der Waals surface area contributed by atoms with Crippen LogP contribution in [0.5, 0.6) is 0 Å². The summed E-state index contributed by atoms with van der Waals surface area (Å²) in [7, 11) is 0. The first-order chi connectivity index (χ1) is 12.1. The fourth-order valence-corrected chi connectivity index (χ4v) is 3.42. The van der Waals surface area contributed by atoms with Crippen molar-refractivity contribution in [2.24, 2.45) is 5.41 Å². The van der Waals surface area contributed by atoms with Crippen LogP contribution in [-0.4, -0.2) is 15.5 Å². The van der Waals surface area contributed by atoms with Crippen molar-refractivity contribution in [3.05, 3.63) is 29.1 Å². The van der Waals surface area contributed by atoms with E-state index in [0.29, 0.717) is 0 Å². The molecule has 7 heteroatoms. The first kappa shape index (κ1) is 18.3. The Morgan fingerprint density at radius 2 is 2.08 bits per heavy atom. The van der Waals surface area contributed by atoms with Crippen LogP contribution in [0.3, 0.4) is 0 Å². The third kappa shape index (κ3) is 3.05. The first-order valence-electron chi connectivity index (χ1n) is 8.64. The lowest BCUT2D eigenvalue weighted by atomic mass is 9.78. The molecular formula is C19H22F2N4O. The number of fused-ring (bicyclic) bond motifs is 1. The molecular weight excluding hydrogens is 338 g/mol. The van der Waals surface area contributed by atoms with Gasteiger partial charge in [-0.3, -0.25) is 10.1 Å². The second-order valence-electron chi connectivity index (χ2n) is 8.41. The Balaban J connectivity index is 2.19. The lowest BCUT2D eigenvalue weighted by Gasteiger charge is -2.41. The molecule has 1 aromatic carbocycles. The number of anilines is 1. The van der Waals surface area contributed by atoms with Crippen molar-refractivity contribution in [2.75, 3.05) is 5.32 Å². The zero-order chi connectivity index (χ0) is 19.3. The van der Waals surface area contributed by atoms with Gasteiger partial charge in [0.05, 0.1) is 12.1 Å². The third-order valence-electron chi connectivity index (χ3n) is 4.83. The quantitative estimate of drug-likeness (QED) is 0.771. The van der Waals surface area contributed by atoms with Crippen molar-refractivity contribution in [3.8, 4) is 0 Å². The van der Waals surface area contributed by atoms with Crippen LogP contribution in [0.15, 0.2) is 6.07 Å². The summed E-state index contributed by atoms with van der Waals surface area (Å²) in [6.45, 7) is 14.8. The average Bonchev–Trinajstić information content (AvgIpc) is 2.86. The number of carbonyl (C=O) groups excluding carboxylic acids is 1. The van der Waals surface area contributed by atoms with Crippen LogP contribution >= 0.6 is 0 Å². The summed E-state index contributed by atoms with van der Waals surface area (Å²) in [6, 6.07) is 0.853. The molecule has 2 aromatic rings. The Hall–Kier alpha value is -2.49. The van der Waals surface area contributed by atoms with Crippen LogP contribution in [0.4, 0.5) is 20.4 Å². The third-order valence-corrected chi connectivity index (χ3v) is 4.83. The SMILES string of the molecule is [C-]#[N+]c1cc(F)c2nc(NC(=O)CC(C)(C)C)n(C3(C)CCC3)c2c1F. The van der Waals surface area contributed by atoms with Crippen LogP contribution in [-0.2, 0) is 10.3 Å². The monoisotopic (exact) mass is 360 g/mol. The van der Waals surface area contributed by atoms with E-state index in [1.54, 1.807) is 4.57 Å². The van der Waals surface area contributed by atoms with E-state index >= 15 is 0 Å². The first-order valence-corrected chi connectivity index (χ1v) is 8.64. The molecule has 1 aliphatic carbocycles. The number of nitrogens with zero attached hydrogens (tertiary/aromatic N) is 3. The summed E-state index contributed by atoms with van der Waals surface area (Å²) < 4.78 is 30.9. The summed E-state index contributed by atoms with van der Waals surface area (Å²) in [5.41, 5.74) is -1.28. The fourth-order valence-electron chi connectivity index (χ4n) is 3.42. The number of imidazole rings is 1. The molecule has 0 unspecified atom stereocenters.